The number of fused-ring (bicyclic) bond motifs is 1. The molecule has 29 heavy (non-hydrogen) atoms. The molecule has 2 aromatic heterocycles. The average Bonchev–Trinajstić information content (AvgIpc) is 3.18. The fourth-order valence-corrected chi connectivity index (χ4v) is 4.74. The van der Waals surface area contributed by atoms with E-state index in [0.717, 1.165) is 9.15 Å². The monoisotopic (exact) mass is 489 g/mol. The van der Waals surface area contributed by atoms with E-state index in [0.29, 0.717) is 21.3 Å². The number of carbonyl (C=O) groups is 1. The van der Waals surface area contributed by atoms with E-state index in [1.807, 2.05) is 0 Å². The zero-order valence-electron chi connectivity index (χ0n) is 14.8. The normalized spacial score (nSPS) is 11.0. The fraction of sp³-hybridized carbons (Fsp3) is 0.0500. The minimum atomic E-state index is -0.446. The fourth-order valence-electron chi connectivity index (χ4n) is 2.64. The van der Waals surface area contributed by atoms with Gasteiger partial charge >= 0.3 is 0 Å². The molecule has 4 aromatic rings. The first-order chi connectivity index (χ1) is 14.0. The number of hydrogen-bond donors (Lipinski definition) is 1. The van der Waals surface area contributed by atoms with Gasteiger partial charge < -0.3 is 0 Å². The van der Waals surface area contributed by atoms with E-state index in [1.54, 1.807) is 53.9 Å². The van der Waals surface area contributed by atoms with Crippen LogP contribution in [0.25, 0.3) is 10.2 Å². The summed E-state index contributed by atoms with van der Waals surface area (Å²) in [6.07, 6.45) is 0. The van der Waals surface area contributed by atoms with Crippen molar-refractivity contribution in [1.29, 1.82) is 0 Å². The van der Waals surface area contributed by atoms with E-state index in [9.17, 15) is 14.0 Å². The lowest BCUT2D eigenvalue weighted by atomic mass is 10.2. The molecule has 2 heterocycles. The van der Waals surface area contributed by atoms with Crippen LogP contribution in [0.15, 0.2) is 74.4 Å². The van der Waals surface area contributed by atoms with Crippen LogP contribution in [-0.4, -0.2) is 15.6 Å². The maximum Gasteiger partial charge on any atom is 0.291 e. The molecule has 4 rings (SSSR count). The van der Waals surface area contributed by atoms with Gasteiger partial charge in [0.15, 0.2) is 5.16 Å². The molecule has 0 aliphatic carbocycles. The number of nitrogens with one attached hydrogen (secondary N) is 1. The molecule has 1 amide bonds. The van der Waals surface area contributed by atoms with E-state index in [4.69, 9.17) is 0 Å². The summed E-state index contributed by atoms with van der Waals surface area (Å²) in [7, 11) is 0. The Bertz CT molecular complexity index is 1270. The van der Waals surface area contributed by atoms with Gasteiger partial charge in [0, 0.05) is 15.8 Å². The molecule has 146 valence electrons. The summed E-state index contributed by atoms with van der Waals surface area (Å²) in [5.41, 5.74) is 3.68. The minimum Gasteiger partial charge on any atom is -0.267 e. The molecule has 0 bridgehead atoms. The molecule has 0 unspecified atom stereocenters. The summed E-state index contributed by atoms with van der Waals surface area (Å²) in [6.45, 7) is 0. The number of carbonyl (C=O) groups excluding carboxylic acids is 1. The van der Waals surface area contributed by atoms with Crippen LogP contribution in [0.5, 0.6) is 0 Å². The van der Waals surface area contributed by atoms with Gasteiger partial charge in [-0.25, -0.2) is 9.37 Å². The first-order valence-corrected chi connectivity index (χ1v) is 11.1. The van der Waals surface area contributed by atoms with Gasteiger partial charge in [-0.15, -0.1) is 11.3 Å². The van der Waals surface area contributed by atoms with E-state index in [2.05, 4.69) is 26.3 Å². The largest absolute Gasteiger partial charge is 0.291 e. The van der Waals surface area contributed by atoms with Crippen molar-refractivity contribution in [2.75, 3.05) is 5.43 Å². The third-order valence-electron chi connectivity index (χ3n) is 4.06. The predicted octanol–water partition coefficient (Wildman–Crippen LogP) is 5.04. The van der Waals surface area contributed by atoms with Gasteiger partial charge in [-0.3, -0.25) is 15.0 Å². The van der Waals surface area contributed by atoms with Crippen LogP contribution >= 0.6 is 39.0 Å². The molecule has 0 radical (unpaired) electrons. The molecular formula is C20H13BrFN3O2S2. The average molecular weight is 490 g/mol. The molecular weight excluding hydrogens is 477 g/mol. The zero-order valence-corrected chi connectivity index (χ0v) is 18.0. The lowest BCUT2D eigenvalue weighted by Gasteiger charge is -2.13. The first kappa shape index (κ1) is 19.8. The van der Waals surface area contributed by atoms with Gasteiger partial charge in [0.2, 0.25) is 0 Å². The molecule has 5 nitrogen and oxygen atoms in total. The Kier molecular flexibility index (Phi) is 5.79. The smallest absolute Gasteiger partial charge is 0.267 e. The predicted molar refractivity (Wildman–Crippen MR) is 118 cm³/mol. The highest BCUT2D eigenvalue weighted by atomic mass is 79.9. The maximum absolute atomic E-state index is 14.0. The quantitative estimate of drug-likeness (QED) is 0.315. The summed E-state index contributed by atoms with van der Waals surface area (Å²) in [5, 5.41) is 2.05. The van der Waals surface area contributed by atoms with Crippen molar-refractivity contribution in [3.63, 3.8) is 0 Å². The van der Waals surface area contributed by atoms with E-state index < -0.39 is 5.91 Å². The Balaban J connectivity index is 1.70. The molecule has 0 atom stereocenters. The van der Waals surface area contributed by atoms with Crippen molar-refractivity contribution in [3.05, 3.63) is 91.7 Å². The number of thioether (sulfide) groups is 1. The number of amides is 1. The number of hydrogen-bond acceptors (Lipinski definition) is 5. The molecule has 0 saturated heterocycles. The first-order valence-electron chi connectivity index (χ1n) is 8.46. The van der Waals surface area contributed by atoms with Crippen molar-refractivity contribution >= 4 is 55.2 Å². The van der Waals surface area contributed by atoms with Crippen molar-refractivity contribution in [2.24, 2.45) is 0 Å². The van der Waals surface area contributed by atoms with Gasteiger partial charge in [-0.1, -0.05) is 52.0 Å². The molecule has 9 heteroatoms. The molecule has 0 saturated carbocycles. The van der Waals surface area contributed by atoms with E-state index in [1.165, 1.54) is 29.2 Å². The maximum atomic E-state index is 14.0. The standard InChI is InChI=1S/C20H13BrFN3O2S2/c21-14-6-3-5-12(10-14)18(26)24-25-19(27)17-16(8-9-28-17)23-20(25)29-11-13-4-1-2-7-15(13)22/h1-10H,11H2,(H,24,26). The summed E-state index contributed by atoms with van der Waals surface area (Å²) >= 11 is 5.77. The van der Waals surface area contributed by atoms with E-state index in [-0.39, 0.29) is 22.3 Å². The molecule has 0 aliphatic heterocycles. The SMILES string of the molecule is O=C(Nn1c(SCc2ccccc2F)nc2ccsc2c1=O)c1cccc(Br)c1. The van der Waals surface area contributed by atoms with Crippen molar-refractivity contribution in [3.8, 4) is 0 Å². The third-order valence-corrected chi connectivity index (χ3v) is 6.44. The second-order valence-corrected chi connectivity index (χ2v) is 8.78. The Morgan fingerprint density at radius 3 is 2.83 bits per heavy atom. The van der Waals surface area contributed by atoms with Crippen LogP contribution in [0.4, 0.5) is 4.39 Å². The molecule has 1 N–H and O–H groups in total. The van der Waals surface area contributed by atoms with Crippen LogP contribution in [0, 0.1) is 5.82 Å². The highest BCUT2D eigenvalue weighted by molar-refractivity contribution is 9.10. The van der Waals surface area contributed by atoms with E-state index >= 15 is 0 Å². The zero-order chi connectivity index (χ0) is 20.4. The Morgan fingerprint density at radius 2 is 2.03 bits per heavy atom. The van der Waals surface area contributed by atoms with Crippen molar-refractivity contribution < 1.29 is 9.18 Å². The van der Waals surface area contributed by atoms with Gasteiger partial charge in [0.1, 0.15) is 10.5 Å². The second kappa shape index (κ2) is 8.48. The lowest BCUT2D eigenvalue weighted by molar-refractivity contribution is 0.100. The topological polar surface area (TPSA) is 64.0 Å². The van der Waals surface area contributed by atoms with Crippen LogP contribution in [0.2, 0.25) is 0 Å². The Labute approximate surface area is 181 Å². The van der Waals surface area contributed by atoms with Gasteiger partial charge in [0.05, 0.1) is 5.52 Å². The van der Waals surface area contributed by atoms with Crippen molar-refractivity contribution in [2.45, 2.75) is 10.9 Å². The minimum absolute atomic E-state index is 0.265. The molecule has 0 spiro atoms. The Hall–Kier alpha value is -2.49. The number of nitrogens with zero attached hydrogens (tertiary/aromatic N) is 2. The summed E-state index contributed by atoms with van der Waals surface area (Å²) in [5.74, 6) is -0.510. The van der Waals surface area contributed by atoms with Crippen LogP contribution < -0.4 is 11.0 Å². The second-order valence-electron chi connectivity index (χ2n) is 6.00. The van der Waals surface area contributed by atoms with Gasteiger partial charge in [0.25, 0.3) is 11.5 Å². The van der Waals surface area contributed by atoms with Crippen LogP contribution in [0.1, 0.15) is 15.9 Å². The summed E-state index contributed by atoms with van der Waals surface area (Å²) < 4.78 is 16.3. The van der Waals surface area contributed by atoms with Crippen LogP contribution in [0.3, 0.4) is 0 Å². The third kappa shape index (κ3) is 4.26. The Morgan fingerprint density at radius 1 is 1.21 bits per heavy atom. The number of aromatic nitrogens is 2. The van der Waals surface area contributed by atoms with Gasteiger partial charge in [-0.2, -0.15) is 4.68 Å². The molecule has 0 aliphatic rings. The van der Waals surface area contributed by atoms with Crippen LogP contribution in [-0.2, 0) is 5.75 Å². The number of halogens is 2. The number of rotatable bonds is 5. The van der Waals surface area contributed by atoms with Gasteiger partial charge in [-0.05, 0) is 41.3 Å². The lowest BCUT2D eigenvalue weighted by Crippen LogP contribution is -2.34. The number of benzene rings is 2. The highest BCUT2D eigenvalue weighted by Crippen LogP contribution is 2.24. The highest BCUT2D eigenvalue weighted by Gasteiger charge is 2.16. The molecule has 0 fully saturated rings. The molecule has 2 aromatic carbocycles. The summed E-state index contributed by atoms with van der Waals surface area (Å²) in [4.78, 5) is 30.1. The summed E-state index contributed by atoms with van der Waals surface area (Å²) in [6, 6.07) is 15.0. The number of thiophene rings is 1. The van der Waals surface area contributed by atoms with Crippen molar-refractivity contribution in [1.82, 2.24) is 9.66 Å².